The number of thiophene rings is 1. The Morgan fingerprint density at radius 3 is 2.29 bits per heavy atom. The van der Waals surface area contributed by atoms with Gasteiger partial charge in [-0.25, -0.2) is 0 Å². The maximum absolute atomic E-state index is 4.61. The zero-order chi connectivity index (χ0) is 22.5. The van der Waals surface area contributed by atoms with Crippen LogP contribution in [0.3, 0.4) is 0 Å². The topological polar surface area (TPSA) is 28.1 Å². The fourth-order valence-electron chi connectivity index (χ4n) is 3.35. The van der Waals surface area contributed by atoms with E-state index < -0.39 is 0 Å². The highest BCUT2D eigenvalue weighted by Crippen LogP contribution is 2.20. The summed E-state index contributed by atoms with van der Waals surface area (Å²) in [6.07, 6.45) is 9.53. The van der Waals surface area contributed by atoms with Crippen molar-refractivity contribution in [1.82, 2.24) is 4.98 Å². The maximum atomic E-state index is 4.61. The van der Waals surface area contributed by atoms with Crippen molar-refractivity contribution in [3.63, 3.8) is 0 Å². The molecule has 1 atom stereocenters. The lowest BCUT2D eigenvalue weighted by atomic mass is 10.0. The third-order valence-corrected chi connectivity index (χ3v) is 6.50. The van der Waals surface area contributed by atoms with E-state index in [9.17, 15) is 0 Å². The van der Waals surface area contributed by atoms with E-state index in [0.717, 1.165) is 29.1 Å². The summed E-state index contributed by atoms with van der Waals surface area (Å²) in [6.45, 7) is 17.4. The van der Waals surface area contributed by atoms with Crippen LogP contribution in [-0.4, -0.2) is 10.7 Å². The lowest BCUT2D eigenvalue weighted by Crippen LogP contribution is -2.26. The Morgan fingerprint density at radius 2 is 1.77 bits per heavy atom. The summed E-state index contributed by atoms with van der Waals surface area (Å²) in [7, 11) is 0. The summed E-state index contributed by atoms with van der Waals surface area (Å²) < 4.78 is 0. The predicted molar refractivity (Wildman–Crippen MR) is 146 cm³/mol. The largest absolute Gasteiger partial charge is 0.352 e. The van der Waals surface area contributed by atoms with Gasteiger partial charge in [0.15, 0.2) is 0 Å². The number of unbranched alkanes of at least 4 members (excludes halogenated alkanes) is 3. The lowest BCUT2D eigenvalue weighted by molar-refractivity contribution is 0.477. The molecule has 2 aromatic heterocycles. The van der Waals surface area contributed by atoms with Gasteiger partial charge in [-0.1, -0.05) is 77.9 Å². The highest BCUT2D eigenvalue weighted by molar-refractivity contribution is 7.13. The number of hydrogen-bond acceptors (Lipinski definition) is 2. The summed E-state index contributed by atoms with van der Waals surface area (Å²) in [4.78, 5) is 9.43. The number of aromatic nitrogens is 1. The Hall–Kier alpha value is -1.32. The highest BCUT2D eigenvalue weighted by Gasteiger charge is 2.05. The number of nitrogens with one attached hydrogen (secondary N) is 1. The zero-order valence-corrected chi connectivity index (χ0v) is 22.7. The molecule has 0 aromatic carbocycles. The van der Waals surface area contributed by atoms with Crippen LogP contribution in [0.1, 0.15) is 100 Å². The number of nitrogens with zero attached hydrogens (tertiary/aromatic N) is 1. The van der Waals surface area contributed by atoms with E-state index in [1.807, 2.05) is 13.8 Å². The molecule has 0 radical (unpaired) electrons. The Kier molecular flexibility index (Phi) is 15.6. The summed E-state index contributed by atoms with van der Waals surface area (Å²) in [6, 6.07) is 6.49. The second-order valence-electron chi connectivity index (χ2n) is 8.59. The van der Waals surface area contributed by atoms with Gasteiger partial charge in [-0.05, 0) is 57.5 Å². The number of aromatic amines is 1. The van der Waals surface area contributed by atoms with Crippen LogP contribution in [0.15, 0.2) is 28.6 Å². The number of aliphatic imine (C=N–C) groups is 1. The molecule has 0 amide bonds. The van der Waals surface area contributed by atoms with Crippen molar-refractivity contribution >= 4 is 40.7 Å². The van der Waals surface area contributed by atoms with Crippen molar-refractivity contribution in [3.05, 3.63) is 34.1 Å². The summed E-state index contributed by atoms with van der Waals surface area (Å²) >= 11 is 1.76. The van der Waals surface area contributed by atoms with Gasteiger partial charge in [0.05, 0.1) is 21.6 Å². The van der Waals surface area contributed by atoms with Crippen LogP contribution >= 0.6 is 23.7 Å². The molecule has 0 fully saturated rings. The van der Waals surface area contributed by atoms with Gasteiger partial charge >= 0.3 is 0 Å². The second-order valence-corrected chi connectivity index (χ2v) is 9.54. The quantitative estimate of drug-likeness (QED) is 0.285. The Labute approximate surface area is 201 Å². The van der Waals surface area contributed by atoms with Crippen LogP contribution in [0.25, 0.3) is 21.8 Å². The molecular weight excluding hydrogens is 420 g/mol. The van der Waals surface area contributed by atoms with Gasteiger partial charge in [-0.15, -0.1) is 23.7 Å². The van der Waals surface area contributed by atoms with Gasteiger partial charge < -0.3 is 4.98 Å². The average Bonchev–Trinajstić information content (AvgIpc) is 3.40. The van der Waals surface area contributed by atoms with E-state index in [2.05, 4.69) is 75.1 Å². The van der Waals surface area contributed by atoms with Gasteiger partial charge in [0.2, 0.25) is 0 Å². The standard InChI is InChI=1S/C17H22N2S.C10H22.ClH/c1-6-12(4)14-10-15(16-8-7-9-20-16)19-17(14)13(5)18-11(2)3;1-4-6-7-8-9-10(3)5-2;/h7-10,19H,6H2,1-5H3;10H,4-9H2,1-3H3;1H/b14-12+,17-13+;;. The average molecular weight is 465 g/mol. The molecule has 1 unspecified atom stereocenters. The van der Waals surface area contributed by atoms with Crippen molar-refractivity contribution < 1.29 is 0 Å². The Bertz CT molecular complexity index is 871. The van der Waals surface area contributed by atoms with Crippen molar-refractivity contribution in [3.8, 4) is 10.6 Å². The lowest BCUT2D eigenvalue weighted by Gasteiger charge is -2.06. The smallest absolute Gasteiger partial charge is 0.0674 e. The van der Waals surface area contributed by atoms with Crippen LogP contribution < -0.4 is 10.6 Å². The van der Waals surface area contributed by atoms with E-state index in [1.54, 1.807) is 11.3 Å². The van der Waals surface area contributed by atoms with E-state index in [-0.39, 0.29) is 12.4 Å². The normalized spacial score (nSPS) is 13.4. The second kappa shape index (κ2) is 16.3. The first kappa shape index (κ1) is 29.7. The maximum Gasteiger partial charge on any atom is 0.0674 e. The van der Waals surface area contributed by atoms with E-state index in [0.29, 0.717) is 0 Å². The minimum absolute atomic E-state index is 0. The minimum Gasteiger partial charge on any atom is -0.352 e. The number of rotatable bonds is 9. The van der Waals surface area contributed by atoms with Gasteiger partial charge in [0, 0.05) is 10.9 Å². The Morgan fingerprint density at radius 1 is 1.06 bits per heavy atom. The van der Waals surface area contributed by atoms with Gasteiger partial charge in [0.25, 0.3) is 0 Å². The molecule has 0 bridgehead atoms. The fraction of sp³-hybridized carbons (Fsp3) is 0.593. The van der Waals surface area contributed by atoms with Crippen molar-refractivity contribution in [2.75, 3.05) is 0 Å². The molecule has 0 aliphatic carbocycles. The molecule has 2 nitrogen and oxygen atoms in total. The third kappa shape index (κ3) is 10.7. The van der Waals surface area contributed by atoms with E-state index in [4.69, 9.17) is 0 Å². The van der Waals surface area contributed by atoms with Crippen LogP contribution in [0.5, 0.6) is 0 Å². The molecule has 1 N–H and O–H groups in total. The van der Waals surface area contributed by atoms with Gasteiger partial charge in [-0.2, -0.15) is 0 Å². The van der Waals surface area contributed by atoms with Crippen molar-refractivity contribution in [2.45, 2.75) is 100 Å². The SMILES string of the molecule is CC/C(C)=c1\cc(-c2cccs2)[nH]\c1=C(/C)N=C(C)C.CCCCCCC(C)CC.Cl. The number of hydrogen-bond donors (Lipinski definition) is 1. The molecular formula is C27H45ClN2S. The molecule has 2 heterocycles. The Balaban J connectivity index is 0.000000701. The zero-order valence-electron chi connectivity index (χ0n) is 21.1. The number of H-pyrrole nitrogens is 1. The van der Waals surface area contributed by atoms with E-state index >= 15 is 0 Å². The first-order chi connectivity index (χ1) is 14.3. The van der Waals surface area contributed by atoms with Gasteiger partial charge in [-0.3, -0.25) is 4.99 Å². The number of halogens is 1. The first-order valence-corrected chi connectivity index (χ1v) is 12.7. The van der Waals surface area contributed by atoms with Crippen molar-refractivity contribution in [2.24, 2.45) is 10.9 Å². The van der Waals surface area contributed by atoms with Crippen LogP contribution in [-0.2, 0) is 0 Å². The molecule has 0 saturated carbocycles. The van der Waals surface area contributed by atoms with Crippen LogP contribution in [0, 0.1) is 5.92 Å². The third-order valence-electron chi connectivity index (χ3n) is 5.59. The predicted octanol–water partition coefficient (Wildman–Crippen LogP) is 8.36. The summed E-state index contributed by atoms with van der Waals surface area (Å²) in [5.41, 5.74) is 4.70. The van der Waals surface area contributed by atoms with Crippen LogP contribution in [0.2, 0.25) is 0 Å². The molecule has 0 aliphatic rings. The minimum atomic E-state index is 0. The first-order valence-electron chi connectivity index (χ1n) is 11.8. The molecule has 176 valence electrons. The fourth-order valence-corrected chi connectivity index (χ4v) is 4.04. The molecule has 31 heavy (non-hydrogen) atoms. The van der Waals surface area contributed by atoms with E-state index in [1.165, 1.54) is 59.9 Å². The van der Waals surface area contributed by atoms with Crippen molar-refractivity contribution in [1.29, 1.82) is 0 Å². The van der Waals surface area contributed by atoms with Crippen LogP contribution in [0.4, 0.5) is 0 Å². The molecule has 2 aromatic rings. The molecule has 0 saturated heterocycles. The van der Waals surface area contributed by atoms with Gasteiger partial charge in [0.1, 0.15) is 0 Å². The molecule has 0 aliphatic heterocycles. The summed E-state index contributed by atoms with van der Waals surface area (Å²) in [5.74, 6) is 0.955. The highest BCUT2D eigenvalue weighted by atomic mass is 35.5. The monoisotopic (exact) mass is 464 g/mol. The molecule has 4 heteroatoms. The summed E-state index contributed by atoms with van der Waals surface area (Å²) in [5, 5.41) is 4.55. The molecule has 0 spiro atoms. The molecule has 2 rings (SSSR count).